The highest BCUT2D eigenvalue weighted by Crippen LogP contribution is 2.34. The fourth-order valence-corrected chi connectivity index (χ4v) is 2.96. The van der Waals surface area contributed by atoms with Crippen molar-refractivity contribution in [2.75, 3.05) is 30.3 Å². The van der Waals surface area contributed by atoms with Crippen LogP contribution in [0, 0.1) is 17.0 Å². The van der Waals surface area contributed by atoms with Gasteiger partial charge in [-0.2, -0.15) is 13.2 Å². The maximum Gasteiger partial charge on any atom is 0.418 e. The van der Waals surface area contributed by atoms with E-state index in [1.165, 1.54) is 36.4 Å². The first kappa shape index (κ1) is 24.8. The Hall–Kier alpha value is -3.47. The second-order valence-electron chi connectivity index (χ2n) is 7.01. The minimum Gasteiger partial charge on any atom is -0.326 e. The van der Waals surface area contributed by atoms with Crippen molar-refractivity contribution in [2.45, 2.75) is 26.4 Å². The molecule has 2 rings (SSSR count). The molecule has 0 spiro atoms. The van der Waals surface area contributed by atoms with Crippen molar-refractivity contribution >= 4 is 28.9 Å². The zero-order chi connectivity index (χ0) is 23.9. The Morgan fingerprint density at radius 3 is 2.31 bits per heavy atom. The third-order valence-corrected chi connectivity index (χ3v) is 4.67. The van der Waals surface area contributed by atoms with Gasteiger partial charge in [0.25, 0.3) is 5.69 Å². The van der Waals surface area contributed by atoms with Gasteiger partial charge in [-0.05, 0) is 37.2 Å². The van der Waals surface area contributed by atoms with Gasteiger partial charge in [0.1, 0.15) is 0 Å². The number of likely N-dealkylation sites (N-methyl/N-ethyl adjacent to an activating group) is 1. The number of carbonyl (C=O) groups is 2. The molecule has 2 aromatic rings. The number of nitrogens with one attached hydrogen (secondary N) is 2. The molecule has 8 nitrogen and oxygen atoms in total. The molecule has 11 heteroatoms. The second-order valence-corrected chi connectivity index (χ2v) is 7.01. The Labute approximate surface area is 182 Å². The third kappa shape index (κ3) is 7.05. The summed E-state index contributed by atoms with van der Waals surface area (Å²) in [6.07, 6.45) is -4.57. The summed E-state index contributed by atoms with van der Waals surface area (Å²) < 4.78 is 39.2. The van der Waals surface area contributed by atoms with E-state index in [2.05, 4.69) is 10.6 Å². The van der Waals surface area contributed by atoms with Crippen LogP contribution in [0.1, 0.15) is 24.5 Å². The second kappa shape index (κ2) is 10.7. The molecule has 0 atom stereocenters. The van der Waals surface area contributed by atoms with Crippen molar-refractivity contribution in [1.29, 1.82) is 0 Å². The number of alkyl halides is 3. The highest BCUT2D eigenvalue weighted by Gasteiger charge is 2.33. The van der Waals surface area contributed by atoms with E-state index in [0.717, 1.165) is 6.07 Å². The lowest BCUT2D eigenvalue weighted by Gasteiger charge is -2.20. The highest BCUT2D eigenvalue weighted by atomic mass is 19.4. The number of nitrogens with zero attached hydrogens (tertiary/aromatic N) is 2. The van der Waals surface area contributed by atoms with Crippen LogP contribution in [0.2, 0.25) is 0 Å². The zero-order valence-corrected chi connectivity index (χ0v) is 17.5. The lowest BCUT2D eigenvalue weighted by atomic mass is 10.1. The third-order valence-electron chi connectivity index (χ3n) is 4.67. The van der Waals surface area contributed by atoms with Crippen molar-refractivity contribution in [2.24, 2.45) is 0 Å². The van der Waals surface area contributed by atoms with Gasteiger partial charge in [-0.15, -0.1) is 0 Å². The molecule has 0 bridgehead atoms. The van der Waals surface area contributed by atoms with E-state index >= 15 is 0 Å². The normalized spacial score (nSPS) is 11.3. The van der Waals surface area contributed by atoms with Crippen LogP contribution < -0.4 is 10.6 Å². The molecule has 0 aliphatic rings. The van der Waals surface area contributed by atoms with E-state index in [9.17, 15) is 32.9 Å². The van der Waals surface area contributed by atoms with Gasteiger partial charge in [0.05, 0.1) is 22.7 Å². The Kier molecular flexibility index (Phi) is 8.30. The first-order valence-electron chi connectivity index (χ1n) is 9.74. The molecule has 0 saturated carbocycles. The molecular weight excluding hydrogens is 429 g/mol. The average molecular weight is 452 g/mol. The zero-order valence-electron chi connectivity index (χ0n) is 17.5. The van der Waals surface area contributed by atoms with Crippen LogP contribution in [-0.2, 0) is 15.8 Å². The Balaban J connectivity index is 1.91. The van der Waals surface area contributed by atoms with Crippen LogP contribution in [0.3, 0.4) is 0 Å². The monoisotopic (exact) mass is 452 g/mol. The number of para-hydroxylation sites is 1. The molecule has 0 radical (unpaired) electrons. The lowest BCUT2D eigenvalue weighted by molar-refractivity contribution is -0.384. The van der Waals surface area contributed by atoms with Gasteiger partial charge >= 0.3 is 6.18 Å². The van der Waals surface area contributed by atoms with Crippen molar-refractivity contribution in [3.05, 3.63) is 63.7 Å². The number of amides is 2. The topological polar surface area (TPSA) is 105 Å². The Bertz CT molecular complexity index is 995. The highest BCUT2D eigenvalue weighted by molar-refractivity contribution is 5.93. The van der Waals surface area contributed by atoms with Gasteiger partial charge in [-0.1, -0.05) is 19.1 Å². The molecule has 0 heterocycles. The first-order chi connectivity index (χ1) is 15.0. The van der Waals surface area contributed by atoms with Gasteiger partial charge in [0.2, 0.25) is 11.8 Å². The number of rotatable bonds is 9. The quantitative estimate of drug-likeness (QED) is 0.438. The summed E-state index contributed by atoms with van der Waals surface area (Å²) in [6.45, 7) is 3.80. The predicted molar refractivity (Wildman–Crippen MR) is 113 cm³/mol. The predicted octanol–water partition coefficient (Wildman–Crippen LogP) is 4.21. The van der Waals surface area contributed by atoms with Crippen LogP contribution in [0.25, 0.3) is 0 Å². The molecule has 0 saturated heterocycles. The number of carbonyl (C=O) groups excluding carboxylic acids is 2. The smallest absolute Gasteiger partial charge is 0.326 e. The Morgan fingerprint density at radius 2 is 1.72 bits per heavy atom. The fraction of sp³-hybridized carbons (Fsp3) is 0.333. The Morgan fingerprint density at radius 1 is 1.06 bits per heavy atom. The summed E-state index contributed by atoms with van der Waals surface area (Å²) in [6, 6.07) is 8.76. The van der Waals surface area contributed by atoms with Gasteiger partial charge in [-0.3, -0.25) is 24.6 Å². The molecule has 0 unspecified atom stereocenters. The van der Waals surface area contributed by atoms with Gasteiger partial charge in [0.15, 0.2) is 0 Å². The van der Waals surface area contributed by atoms with E-state index in [0.29, 0.717) is 17.8 Å². The standard InChI is InChI=1S/C21H23F3N4O4/c1-3-27(13-20(30)26-18-7-5-4-6-16(18)21(22,23)24)11-10-19(29)25-17-9-8-15(28(31)32)12-14(17)2/h4-9,12H,3,10-11,13H2,1-2H3,(H,25,29)(H,26,30). The number of non-ortho nitro benzene ring substituents is 1. The summed E-state index contributed by atoms with van der Waals surface area (Å²) in [5.41, 5.74) is -0.384. The molecule has 0 aliphatic carbocycles. The minimum absolute atomic E-state index is 0.0245. The molecule has 0 fully saturated rings. The molecule has 0 aliphatic heterocycles. The molecule has 0 aromatic heterocycles. The summed E-state index contributed by atoms with van der Waals surface area (Å²) in [5.74, 6) is -0.988. The summed E-state index contributed by atoms with van der Waals surface area (Å²) >= 11 is 0. The molecule has 32 heavy (non-hydrogen) atoms. The number of hydrogen-bond acceptors (Lipinski definition) is 5. The number of anilines is 2. The fourth-order valence-electron chi connectivity index (χ4n) is 2.96. The maximum absolute atomic E-state index is 13.1. The van der Waals surface area contributed by atoms with Crippen molar-refractivity contribution in [1.82, 2.24) is 4.90 Å². The van der Waals surface area contributed by atoms with Crippen LogP contribution in [0.4, 0.5) is 30.2 Å². The van der Waals surface area contributed by atoms with Crippen LogP contribution >= 0.6 is 0 Å². The van der Waals surface area contributed by atoms with Crippen LogP contribution in [-0.4, -0.2) is 41.3 Å². The van der Waals surface area contributed by atoms with Crippen LogP contribution in [0.5, 0.6) is 0 Å². The van der Waals surface area contributed by atoms with E-state index in [1.807, 2.05) is 0 Å². The number of benzene rings is 2. The molecule has 2 aromatic carbocycles. The molecule has 172 valence electrons. The largest absolute Gasteiger partial charge is 0.418 e. The van der Waals surface area contributed by atoms with Gasteiger partial charge in [0, 0.05) is 30.8 Å². The number of nitro groups is 1. The van der Waals surface area contributed by atoms with Crippen molar-refractivity contribution in [3.8, 4) is 0 Å². The minimum atomic E-state index is -4.59. The van der Waals surface area contributed by atoms with Crippen LogP contribution in [0.15, 0.2) is 42.5 Å². The maximum atomic E-state index is 13.1. The molecule has 2 amide bonds. The van der Waals surface area contributed by atoms with Gasteiger partial charge < -0.3 is 10.6 Å². The number of hydrogen-bond donors (Lipinski definition) is 2. The molecular formula is C21H23F3N4O4. The van der Waals surface area contributed by atoms with E-state index < -0.39 is 22.6 Å². The summed E-state index contributed by atoms with van der Waals surface area (Å²) in [4.78, 5) is 36.4. The SMILES string of the molecule is CCN(CCC(=O)Nc1ccc([N+](=O)[O-])cc1C)CC(=O)Nc1ccccc1C(F)(F)F. The number of halogens is 3. The van der Waals surface area contributed by atoms with Crippen molar-refractivity contribution < 1.29 is 27.7 Å². The number of nitro benzene ring substituents is 1. The lowest BCUT2D eigenvalue weighted by Crippen LogP contribution is -2.35. The summed E-state index contributed by atoms with van der Waals surface area (Å²) in [5, 5.41) is 15.7. The van der Waals surface area contributed by atoms with E-state index in [-0.39, 0.29) is 36.8 Å². The average Bonchev–Trinajstić information content (AvgIpc) is 2.72. The van der Waals surface area contributed by atoms with Gasteiger partial charge in [-0.25, -0.2) is 0 Å². The number of aryl methyl sites for hydroxylation is 1. The van der Waals surface area contributed by atoms with E-state index in [1.54, 1.807) is 18.7 Å². The van der Waals surface area contributed by atoms with E-state index in [4.69, 9.17) is 0 Å². The first-order valence-corrected chi connectivity index (χ1v) is 9.74. The summed E-state index contributed by atoms with van der Waals surface area (Å²) in [7, 11) is 0. The molecule has 2 N–H and O–H groups in total. The van der Waals surface area contributed by atoms with Crippen molar-refractivity contribution in [3.63, 3.8) is 0 Å².